The molecule has 0 saturated carbocycles. The van der Waals surface area contributed by atoms with Crippen LogP contribution in [0.4, 0.5) is 0 Å². The van der Waals surface area contributed by atoms with Gasteiger partial charge in [0.2, 0.25) is 0 Å². The number of hydrazone groups is 1. The number of hydrogen-bond acceptors (Lipinski definition) is 5. The molecule has 4 aromatic rings. The van der Waals surface area contributed by atoms with Crippen molar-refractivity contribution in [2.45, 2.75) is 0 Å². The summed E-state index contributed by atoms with van der Waals surface area (Å²) in [6, 6.07) is 31.6. The summed E-state index contributed by atoms with van der Waals surface area (Å²) >= 11 is 2.09. The van der Waals surface area contributed by atoms with Crippen LogP contribution < -0.4 is 14.9 Å². The molecule has 4 aromatic carbocycles. The van der Waals surface area contributed by atoms with E-state index in [1.165, 1.54) is 6.21 Å². The molecule has 0 saturated heterocycles. The standard InChI is InChI=1S/C28H21IN2O4/c29-26-9-5-4-8-25(26)28(33)35-24-14-10-20(11-15-24)18-30-31-27(32)19-34-23-16-12-22(13-17-23)21-6-2-1-3-7-21/h1-18H,19H2,(H,31,32)/b30-18-. The fraction of sp³-hybridized carbons (Fsp3) is 0.0357. The van der Waals surface area contributed by atoms with Crippen LogP contribution in [0.5, 0.6) is 11.5 Å². The third-order valence-corrected chi connectivity index (χ3v) is 5.86. The van der Waals surface area contributed by atoms with Crippen LogP contribution in [0.3, 0.4) is 0 Å². The van der Waals surface area contributed by atoms with E-state index >= 15 is 0 Å². The number of amides is 1. The number of hydrogen-bond donors (Lipinski definition) is 1. The van der Waals surface area contributed by atoms with Gasteiger partial charge in [-0.05, 0) is 87.8 Å². The van der Waals surface area contributed by atoms with Crippen LogP contribution in [0.2, 0.25) is 0 Å². The minimum absolute atomic E-state index is 0.158. The molecule has 0 spiro atoms. The van der Waals surface area contributed by atoms with Crippen molar-refractivity contribution in [1.29, 1.82) is 0 Å². The van der Waals surface area contributed by atoms with Crippen LogP contribution in [0, 0.1) is 3.57 Å². The fourth-order valence-electron chi connectivity index (χ4n) is 3.14. The second kappa shape index (κ2) is 11.9. The van der Waals surface area contributed by atoms with Crippen LogP contribution >= 0.6 is 22.6 Å². The molecule has 0 radical (unpaired) electrons. The molecule has 0 aliphatic carbocycles. The molecule has 1 amide bonds. The summed E-state index contributed by atoms with van der Waals surface area (Å²) in [6.07, 6.45) is 1.50. The van der Waals surface area contributed by atoms with Gasteiger partial charge in [0.1, 0.15) is 11.5 Å². The Kier molecular flexibility index (Phi) is 8.24. The Hall–Kier alpha value is -3.98. The summed E-state index contributed by atoms with van der Waals surface area (Å²) in [5.74, 6) is 0.219. The van der Waals surface area contributed by atoms with Gasteiger partial charge in [-0.2, -0.15) is 5.10 Å². The lowest BCUT2D eigenvalue weighted by atomic mass is 10.1. The molecule has 0 aliphatic heterocycles. The van der Waals surface area contributed by atoms with E-state index in [0.717, 1.165) is 20.3 Å². The van der Waals surface area contributed by atoms with Gasteiger partial charge in [0.25, 0.3) is 5.91 Å². The van der Waals surface area contributed by atoms with Gasteiger partial charge < -0.3 is 9.47 Å². The molecule has 0 aliphatic rings. The van der Waals surface area contributed by atoms with E-state index in [4.69, 9.17) is 9.47 Å². The Labute approximate surface area is 216 Å². The van der Waals surface area contributed by atoms with Crippen LogP contribution in [0.1, 0.15) is 15.9 Å². The first kappa shape index (κ1) is 24.2. The van der Waals surface area contributed by atoms with E-state index in [1.54, 1.807) is 36.4 Å². The lowest BCUT2D eigenvalue weighted by molar-refractivity contribution is -0.123. The Morgan fingerprint density at radius 2 is 1.40 bits per heavy atom. The van der Waals surface area contributed by atoms with Gasteiger partial charge in [-0.25, -0.2) is 10.2 Å². The van der Waals surface area contributed by atoms with E-state index < -0.39 is 5.97 Å². The molecular formula is C28H21IN2O4. The zero-order valence-corrected chi connectivity index (χ0v) is 20.7. The van der Waals surface area contributed by atoms with Crippen molar-refractivity contribution in [3.8, 4) is 22.6 Å². The van der Waals surface area contributed by atoms with E-state index in [0.29, 0.717) is 17.1 Å². The number of rotatable bonds is 8. The average Bonchev–Trinajstić information content (AvgIpc) is 2.89. The fourth-order valence-corrected chi connectivity index (χ4v) is 3.75. The maximum atomic E-state index is 12.3. The zero-order valence-electron chi connectivity index (χ0n) is 18.6. The maximum absolute atomic E-state index is 12.3. The normalized spacial score (nSPS) is 10.7. The molecule has 0 fully saturated rings. The molecule has 4 rings (SSSR count). The third kappa shape index (κ3) is 7.00. The Morgan fingerprint density at radius 1 is 0.771 bits per heavy atom. The highest BCUT2D eigenvalue weighted by Crippen LogP contribution is 2.22. The van der Waals surface area contributed by atoms with Crippen LogP contribution in [0.15, 0.2) is 108 Å². The second-order valence-electron chi connectivity index (χ2n) is 7.41. The first-order chi connectivity index (χ1) is 17.1. The molecule has 0 heterocycles. The minimum atomic E-state index is -0.418. The van der Waals surface area contributed by atoms with Crippen molar-refractivity contribution < 1.29 is 19.1 Å². The van der Waals surface area contributed by atoms with Crippen molar-refractivity contribution in [3.05, 3.63) is 118 Å². The van der Waals surface area contributed by atoms with E-state index in [2.05, 4.69) is 33.1 Å². The zero-order chi connectivity index (χ0) is 24.5. The van der Waals surface area contributed by atoms with E-state index in [9.17, 15) is 9.59 Å². The number of halogens is 1. The summed E-state index contributed by atoms with van der Waals surface area (Å²) in [4.78, 5) is 24.3. The molecule has 1 N–H and O–H groups in total. The number of benzene rings is 4. The highest BCUT2D eigenvalue weighted by atomic mass is 127. The van der Waals surface area contributed by atoms with Crippen molar-refractivity contribution in [3.63, 3.8) is 0 Å². The number of nitrogens with zero attached hydrogens (tertiary/aromatic N) is 1. The molecule has 174 valence electrons. The molecule has 0 unspecified atom stereocenters. The molecule has 6 nitrogen and oxygen atoms in total. The first-order valence-corrected chi connectivity index (χ1v) is 11.8. The van der Waals surface area contributed by atoms with E-state index in [-0.39, 0.29) is 12.5 Å². The van der Waals surface area contributed by atoms with Gasteiger partial charge in [-0.15, -0.1) is 0 Å². The molecule has 35 heavy (non-hydrogen) atoms. The summed E-state index contributed by atoms with van der Waals surface area (Å²) in [6.45, 7) is -0.158. The predicted molar refractivity (Wildman–Crippen MR) is 144 cm³/mol. The Balaban J connectivity index is 1.23. The number of nitrogens with one attached hydrogen (secondary N) is 1. The van der Waals surface area contributed by atoms with Gasteiger partial charge in [-0.1, -0.05) is 54.6 Å². The average molecular weight is 576 g/mol. The third-order valence-electron chi connectivity index (χ3n) is 4.92. The first-order valence-electron chi connectivity index (χ1n) is 10.8. The monoisotopic (exact) mass is 576 g/mol. The molecule has 0 bridgehead atoms. The molecular weight excluding hydrogens is 555 g/mol. The number of carbonyl (C=O) groups is 2. The van der Waals surface area contributed by atoms with Gasteiger partial charge in [-0.3, -0.25) is 4.79 Å². The lowest BCUT2D eigenvalue weighted by Gasteiger charge is -2.07. The van der Waals surface area contributed by atoms with Gasteiger partial charge >= 0.3 is 5.97 Å². The smallest absolute Gasteiger partial charge is 0.344 e. The summed E-state index contributed by atoms with van der Waals surface area (Å²) < 4.78 is 11.8. The molecule has 0 atom stereocenters. The van der Waals surface area contributed by atoms with E-state index in [1.807, 2.05) is 66.7 Å². The predicted octanol–water partition coefficient (Wildman–Crippen LogP) is 5.71. The summed E-state index contributed by atoms with van der Waals surface area (Å²) in [5, 5.41) is 3.94. The van der Waals surface area contributed by atoms with Crippen molar-refractivity contribution in [1.82, 2.24) is 5.43 Å². The summed E-state index contributed by atoms with van der Waals surface area (Å²) in [5.41, 5.74) is 5.86. The minimum Gasteiger partial charge on any atom is -0.484 e. The van der Waals surface area contributed by atoms with Crippen LogP contribution in [-0.2, 0) is 4.79 Å². The van der Waals surface area contributed by atoms with Crippen LogP contribution in [0.25, 0.3) is 11.1 Å². The molecule has 0 aromatic heterocycles. The lowest BCUT2D eigenvalue weighted by Crippen LogP contribution is -2.24. The van der Waals surface area contributed by atoms with Crippen molar-refractivity contribution >= 4 is 40.7 Å². The van der Waals surface area contributed by atoms with Crippen LogP contribution in [-0.4, -0.2) is 24.7 Å². The number of carbonyl (C=O) groups excluding carboxylic acids is 2. The Morgan fingerprint density at radius 3 is 2.11 bits per heavy atom. The summed E-state index contributed by atoms with van der Waals surface area (Å²) in [7, 11) is 0. The topological polar surface area (TPSA) is 77.0 Å². The largest absolute Gasteiger partial charge is 0.484 e. The maximum Gasteiger partial charge on any atom is 0.344 e. The van der Waals surface area contributed by atoms with Crippen molar-refractivity contribution in [2.24, 2.45) is 5.10 Å². The number of esters is 1. The number of ether oxygens (including phenoxy) is 2. The molecule has 7 heteroatoms. The van der Waals surface area contributed by atoms with Gasteiger partial charge in [0.15, 0.2) is 6.61 Å². The van der Waals surface area contributed by atoms with Gasteiger partial charge in [0, 0.05) is 3.57 Å². The highest BCUT2D eigenvalue weighted by molar-refractivity contribution is 14.1. The second-order valence-corrected chi connectivity index (χ2v) is 8.57. The van der Waals surface area contributed by atoms with Gasteiger partial charge in [0.05, 0.1) is 11.8 Å². The highest BCUT2D eigenvalue weighted by Gasteiger charge is 2.11. The quantitative estimate of drug-likeness (QED) is 0.0960. The SMILES string of the molecule is O=C(COc1ccc(-c2ccccc2)cc1)N/N=C\c1ccc(OC(=O)c2ccccc2I)cc1. The van der Waals surface area contributed by atoms with Crippen molar-refractivity contribution in [2.75, 3.05) is 6.61 Å². The Bertz CT molecular complexity index is 1320.